The molecule has 0 radical (unpaired) electrons. The van der Waals surface area contributed by atoms with Crippen LogP contribution in [0.3, 0.4) is 0 Å². The Labute approximate surface area is 185 Å². The van der Waals surface area contributed by atoms with Gasteiger partial charge in [0, 0.05) is 54.4 Å². The number of unbranched alkanes of at least 4 members (excludes halogenated alkanes) is 1. The van der Waals surface area contributed by atoms with Crippen molar-refractivity contribution in [1.29, 1.82) is 0 Å². The fourth-order valence-electron chi connectivity index (χ4n) is 4.57. The van der Waals surface area contributed by atoms with Gasteiger partial charge in [0.25, 0.3) is 0 Å². The number of rotatable bonds is 7. The molecule has 0 aliphatic carbocycles. The molecule has 166 valence electrons. The zero-order valence-corrected chi connectivity index (χ0v) is 17.8. The van der Waals surface area contributed by atoms with Crippen LogP contribution in [0.2, 0.25) is 0 Å². The van der Waals surface area contributed by atoms with Crippen molar-refractivity contribution in [3.63, 3.8) is 0 Å². The Bertz CT molecular complexity index is 1250. The monoisotopic (exact) mass is 435 g/mol. The maximum absolute atomic E-state index is 13.5. The van der Waals surface area contributed by atoms with E-state index in [2.05, 4.69) is 14.8 Å². The molecule has 1 saturated heterocycles. The first kappa shape index (κ1) is 20.6. The van der Waals surface area contributed by atoms with Gasteiger partial charge in [-0.3, -0.25) is 4.90 Å². The number of anilines is 1. The normalized spacial score (nSPS) is 15.1. The molecule has 0 atom stereocenters. The van der Waals surface area contributed by atoms with Crippen LogP contribution in [0, 0.1) is 5.82 Å². The lowest BCUT2D eigenvalue weighted by molar-refractivity contribution is 0.0665. The summed E-state index contributed by atoms with van der Waals surface area (Å²) >= 11 is 0. The van der Waals surface area contributed by atoms with Gasteiger partial charge in [0.15, 0.2) is 0 Å². The molecule has 3 heterocycles. The van der Waals surface area contributed by atoms with Gasteiger partial charge in [-0.1, -0.05) is 0 Å². The molecule has 0 bridgehead atoms. The molecular weight excluding hydrogens is 409 g/mol. The lowest BCUT2D eigenvalue weighted by atomic mass is 10.1. The second-order valence-corrected chi connectivity index (χ2v) is 8.43. The van der Waals surface area contributed by atoms with Gasteiger partial charge in [-0.05, 0) is 73.8 Å². The first-order valence-corrected chi connectivity index (χ1v) is 11.1. The highest BCUT2D eigenvalue weighted by atomic mass is 19.1. The molecular formula is C25H26FN3O3. The number of nitrogens with zero attached hydrogens (tertiary/aromatic N) is 2. The fraction of sp³-hybridized carbons (Fsp3) is 0.320. The fourth-order valence-corrected chi connectivity index (χ4v) is 4.57. The second-order valence-electron chi connectivity index (χ2n) is 8.43. The SMILES string of the molecule is O=C(O)c1cc2cc(N3CCN(CCCCc4c[nH]c5ccc(F)cc45)CC3)ccc2o1. The lowest BCUT2D eigenvalue weighted by Crippen LogP contribution is -2.46. The molecule has 2 N–H and O–H groups in total. The quantitative estimate of drug-likeness (QED) is 0.404. The maximum Gasteiger partial charge on any atom is 0.371 e. The van der Waals surface area contributed by atoms with E-state index in [0.29, 0.717) is 5.58 Å². The van der Waals surface area contributed by atoms with Crippen LogP contribution in [0.4, 0.5) is 10.1 Å². The molecule has 0 saturated carbocycles. The minimum atomic E-state index is -1.05. The van der Waals surface area contributed by atoms with E-state index in [4.69, 9.17) is 9.52 Å². The number of carboxylic acids is 1. The molecule has 1 fully saturated rings. The number of halogens is 1. The van der Waals surface area contributed by atoms with Crippen LogP contribution in [-0.2, 0) is 6.42 Å². The van der Waals surface area contributed by atoms with Crippen LogP contribution >= 0.6 is 0 Å². The van der Waals surface area contributed by atoms with Gasteiger partial charge in [0.05, 0.1) is 0 Å². The summed E-state index contributed by atoms with van der Waals surface area (Å²) in [7, 11) is 0. The number of benzene rings is 2. The minimum Gasteiger partial charge on any atom is -0.475 e. The molecule has 0 unspecified atom stereocenters. The third-order valence-electron chi connectivity index (χ3n) is 6.35. The van der Waals surface area contributed by atoms with E-state index < -0.39 is 5.97 Å². The number of fused-ring (bicyclic) bond motifs is 2. The summed E-state index contributed by atoms with van der Waals surface area (Å²) in [4.78, 5) is 19.2. The standard InChI is InChI=1S/C25H26FN3O3/c26-19-4-6-22-21(15-19)17(16-27-22)3-1-2-8-28-9-11-29(12-10-28)20-5-7-23-18(13-20)14-24(32-23)25(30)31/h4-7,13-16,27H,1-3,8-12H2,(H,30,31). The van der Waals surface area contributed by atoms with E-state index in [1.165, 1.54) is 11.6 Å². The number of hydrogen-bond donors (Lipinski definition) is 2. The van der Waals surface area contributed by atoms with Crippen LogP contribution in [0.25, 0.3) is 21.9 Å². The zero-order chi connectivity index (χ0) is 22.1. The number of aromatic nitrogens is 1. The van der Waals surface area contributed by atoms with Crippen molar-refractivity contribution in [1.82, 2.24) is 9.88 Å². The van der Waals surface area contributed by atoms with Crippen LogP contribution in [-0.4, -0.2) is 53.7 Å². The smallest absolute Gasteiger partial charge is 0.371 e. The molecule has 32 heavy (non-hydrogen) atoms. The molecule has 2 aromatic heterocycles. The predicted molar refractivity (Wildman–Crippen MR) is 123 cm³/mol. The van der Waals surface area contributed by atoms with Crippen LogP contribution < -0.4 is 4.90 Å². The molecule has 5 rings (SSSR count). The average molecular weight is 435 g/mol. The van der Waals surface area contributed by atoms with Gasteiger partial charge in [-0.15, -0.1) is 0 Å². The molecule has 1 aliphatic heterocycles. The van der Waals surface area contributed by atoms with E-state index in [1.807, 2.05) is 24.4 Å². The summed E-state index contributed by atoms with van der Waals surface area (Å²) in [5.41, 5.74) is 3.87. The highest BCUT2D eigenvalue weighted by Crippen LogP contribution is 2.26. The van der Waals surface area contributed by atoms with E-state index in [0.717, 1.165) is 74.0 Å². The molecule has 6 nitrogen and oxygen atoms in total. The number of carboxylic acid groups (broad SMARTS) is 1. The van der Waals surface area contributed by atoms with E-state index in [-0.39, 0.29) is 11.6 Å². The van der Waals surface area contributed by atoms with E-state index >= 15 is 0 Å². The minimum absolute atomic E-state index is 0.0280. The number of piperazine rings is 1. The van der Waals surface area contributed by atoms with Gasteiger partial charge in [-0.2, -0.15) is 0 Å². The van der Waals surface area contributed by atoms with E-state index in [9.17, 15) is 9.18 Å². The Morgan fingerprint density at radius 3 is 2.72 bits per heavy atom. The molecule has 7 heteroatoms. The third kappa shape index (κ3) is 4.21. The number of furan rings is 1. The summed E-state index contributed by atoms with van der Waals surface area (Å²) in [6.45, 7) is 4.95. The summed E-state index contributed by atoms with van der Waals surface area (Å²) < 4.78 is 18.9. The Hall–Kier alpha value is -3.32. The number of H-pyrrole nitrogens is 1. The van der Waals surface area contributed by atoms with Gasteiger partial charge < -0.3 is 19.4 Å². The van der Waals surface area contributed by atoms with Crippen molar-refractivity contribution in [2.24, 2.45) is 0 Å². The Morgan fingerprint density at radius 2 is 1.91 bits per heavy atom. The number of hydrogen-bond acceptors (Lipinski definition) is 4. The first-order chi connectivity index (χ1) is 15.6. The van der Waals surface area contributed by atoms with Crippen molar-refractivity contribution in [3.05, 3.63) is 65.8 Å². The summed E-state index contributed by atoms with van der Waals surface area (Å²) in [6, 6.07) is 12.3. The van der Waals surface area contributed by atoms with Gasteiger partial charge >= 0.3 is 5.97 Å². The summed E-state index contributed by atoms with van der Waals surface area (Å²) in [5.74, 6) is -1.27. The van der Waals surface area contributed by atoms with Crippen molar-refractivity contribution in [3.8, 4) is 0 Å². The van der Waals surface area contributed by atoms with Crippen molar-refractivity contribution < 1.29 is 18.7 Å². The highest BCUT2D eigenvalue weighted by Gasteiger charge is 2.18. The van der Waals surface area contributed by atoms with Crippen molar-refractivity contribution in [2.75, 3.05) is 37.6 Å². The molecule has 1 aliphatic rings. The Morgan fingerprint density at radius 1 is 1.06 bits per heavy atom. The maximum atomic E-state index is 13.5. The predicted octanol–water partition coefficient (Wildman–Crippen LogP) is 4.90. The largest absolute Gasteiger partial charge is 0.475 e. The highest BCUT2D eigenvalue weighted by molar-refractivity contribution is 5.92. The Kier molecular flexibility index (Phi) is 5.57. The average Bonchev–Trinajstić information content (AvgIpc) is 3.40. The number of aryl methyl sites for hydroxylation is 1. The van der Waals surface area contributed by atoms with Crippen LogP contribution in [0.15, 0.2) is 53.1 Å². The Balaban J connectivity index is 1.10. The van der Waals surface area contributed by atoms with Gasteiger partial charge in [0.1, 0.15) is 11.4 Å². The number of nitrogens with one attached hydrogen (secondary N) is 1. The summed E-state index contributed by atoms with van der Waals surface area (Å²) in [6.07, 6.45) is 5.14. The van der Waals surface area contributed by atoms with E-state index in [1.54, 1.807) is 18.2 Å². The molecule has 2 aromatic carbocycles. The summed E-state index contributed by atoms with van der Waals surface area (Å²) in [5, 5.41) is 10.9. The molecule has 0 spiro atoms. The number of carbonyl (C=O) groups is 1. The van der Waals surface area contributed by atoms with Crippen LogP contribution in [0.5, 0.6) is 0 Å². The molecule has 0 amide bonds. The first-order valence-electron chi connectivity index (χ1n) is 11.1. The van der Waals surface area contributed by atoms with Crippen LogP contribution in [0.1, 0.15) is 29.0 Å². The topological polar surface area (TPSA) is 72.7 Å². The third-order valence-corrected chi connectivity index (χ3v) is 6.35. The number of aromatic carboxylic acids is 1. The van der Waals surface area contributed by atoms with Gasteiger partial charge in [-0.25, -0.2) is 9.18 Å². The lowest BCUT2D eigenvalue weighted by Gasteiger charge is -2.36. The van der Waals surface area contributed by atoms with Crippen molar-refractivity contribution >= 4 is 33.5 Å². The van der Waals surface area contributed by atoms with Crippen molar-refractivity contribution in [2.45, 2.75) is 19.3 Å². The van der Waals surface area contributed by atoms with Gasteiger partial charge in [0.2, 0.25) is 5.76 Å². The zero-order valence-electron chi connectivity index (χ0n) is 17.8. The second kappa shape index (κ2) is 8.67. The molecule has 4 aromatic rings. The number of aromatic amines is 1.